The zero-order valence-corrected chi connectivity index (χ0v) is 21.1. The number of H-pyrrole nitrogens is 1. The predicted molar refractivity (Wildman–Crippen MR) is 128 cm³/mol. The first-order valence-corrected chi connectivity index (χ1v) is 14.9. The number of aromatic amines is 1. The molecule has 0 aliphatic carbocycles. The molecule has 0 bridgehead atoms. The van der Waals surface area contributed by atoms with Gasteiger partial charge in [-0.3, -0.25) is 27.9 Å². The number of nitrogens with one attached hydrogen (secondary N) is 1. The maximum absolute atomic E-state index is 15.9. The lowest BCUT2D eigenvalue weighted by atomic mass is 9.98. The molecule has 4 heterocycles. The van der Waals surface area contributed by atoms with Gasteiger partial charge < -0.3 is 9.47 Å². The van der Waals surface area contributed by atoms with E-state index in [0.717, 1.165) is 22.4 Å². The molecule has 2 aromatic rings. The highest BCUT2D eigenvalue weighted by Crippen LogP contribution is 2.60. The molecule has 35 heavy (non-hydrogen) atoms. The van der Waals surface area contributed by atoms with E-state index in [1.165, 1.54) is 6.92 Å². The van der Waals surface area contributed by atoms with Crippen LogP contribution < -0.4 is 11.2 Å². The lowest BCUT2D eigenvalue weighted by molar-refractivity contribution is -0.0864. The van der Waals surface area contributed by atoms with E-state index in [2.05, 4.69) is 4.98 Å². The van der Waals surface area contributed by atoms with Crippen LogP contribution in [-0.4, -0.2) is 57.7 Å². The van der Waals surface area contributed by atoms with Crippen LogP contribution in [0.2, 0.25) is 0 Å². The molecule has 0 spiro atoms. The minimum Gasteiger partial charge on any atom is -0.370 e. The van der Waals surface area contributed by atoms with Crippen molar-refractivity contribution in [1.82, 2.24) is 9.55 Å². The van der Waals surface area contributed by atoms with Crippen molar-refractivity contribution >= 4 is 29.4 Å². The average molecular weight is 547 g/mol. The molecule has 3 aliphatic rings. The molecule has 5 rings (SSSR count). The van der Waals surface area contributed by atoms with Crippen molar-refractivity contribution in [3.8, 4) is 0 Å². The van der Waals surface area contributed by atoms with E-state index in [4.69, 9.17) is 23.0 Å². The van der Waals surface area contributed by atoms with E-state index in [0.29, 0.717) is 18.1 Å². The molecule has 14 heteroatoms. The number of benzene rings is 1. The number of aromatic nitrogens is 2. The number of halogens is 1. The molecule has 3 unspecified atom stereocenters. The number of hydrogen-bond acceptors (Lipinski definition) is 10. The number of phosphoric ester groups is 1. The molecule has 3 aliphatic heterocycles. The van der Waals surface area contributed by atoms with Gasteiger partial charge in [0, 0.05) is 23.8 Å². The van der Waals surface area contributed by atoms with Crippen molar-refractivity contribution in [1.29, 1.82) is 0 Å². The number of fused-ring (bicyclic) bond motifs is 1. The van der Waals surface area contributed by atoms with Gasteiger partial charge in [0.15, 0.2) is 11.9 Å². The first-order valence-electron chi connectivity index (χ1n) is 10.9. The van der Waals surface area contributed by atoms with Crippen LogP contribution in [0.4, 0.5) is 4.39 Å². The highest BCUT2D eigenvalue weighted by molar-refractivity contribution is 8.76. The molecule has 1 aromatic heterocycles. The fourth-order valence-corrected chi connectivity index (χ4v) is 8.35. The lowest BCUT2D eigenvalue weighted by Crippen LogP contribution is -2.47. The third kappa shape index (κ3) is 5.33. The van der Waals surface area contributed by atoms with Gasteiger partial charge >= 0.3 is 13.5 Å². The largest absolute Gasteiger partial charge is 0.475 e. The molecule has 1 N–H and O–H groups in total. The second-order valence-corrected chi connectivity index (χ2v) is 12.6. The van der Waals surface area contributed by atoms with Crippen LogP contribution in [0.5, 0.6) is 0 Å². The van der Waals surface area contributed by atoms with Crippen LogP contribution >= 0.6 is 29.4 Å². The highest BCUT2D eigenvalue weighted by Gasteiger charge is 2.62. The molecule has 0 saturated carbocycles. The Morgan fingerprint density at radius 2 is 1.94 bits per heavy atom. The van der Waals surface area contributed by atoms with Crippen molar-refractivity contribution in [2.45, 2.75) is 49.8 Å². The average Bonchev–Trinajstić information content (AvgIpc) is 3.08. The summed E-state index contributed by atoms with van der Waals surface area (Å²) in [5.74, 6) is 1.09. The molecule has 3 saturated heterocycles. The fraction of sp³-hybridized carbons (Fsp3) is 0.524. The van der Waals surface area contributed by atoms with Crippen molar-refractivity contribution in [3.05, 3.63) is 69.0 Å². The van der Waals surface area contributed by atoms with Gasteiger partial charge in [0.25, 0.3) is 5.56 Å². The monoisotopic (exact) mass is 546 g/mol. The van der Waals surface area contributed by atoms with E-state index in [9.17, 15) is 14.2 Å². The standard InChI is InChI=1S/C21H24FN2O8PS2/c1-21(22)18-14(30-19(21)24-8-7-17(25)23-20(24)26)10-29-33(27,32-18)31-16-12-35-34-11-15(16)28-9-13-5-3-2-4-6-13/h2-8,14-16,18-19H,9-12H2,1H3,(H,23,25,26)/t14?,15?,16-,18+,19+,21+,33?/m0/s1. The molecule has 10 nitrogen and oxygen atoms in total. The molecular formula is C21H24FN2O8PS2. The Hall–Kier alpha value is -1.44. The van der Waals surface area contributed by atoms with Gasteiger partial charge in [0.1, 0.15) is 18.3 Å². The van der Waals surface area contributed by atoms with E-state index in [1.807, 2.05) is 30.3 Å². The molecule has 7 atom stereocenters. The summed E-state index contributed by atoms with van der Waals surface area (Å²) in [5.41, 5.74) is -2.72. The Morgan fingerprint density at radius 1 is 1.20 bits per heavy atom. The Labute approximate surface area is 207 Å². The SMILES string of the molecule is C[C@@]1(F)[C@@H]2OP(=O)(O[C@H]3CSSCC3OCc3ccccc3)OCC2O[C@H]1n1ccc(=O)[nH]c1=O. The zero-order chi connectivity index (χ0) is 24.6. The van der Waals surface area contributed by atoms with Crippen molar-refractivity contribution < 1.29 is 32.0 Å². The lowest BCUT2D eigenvalue weighted by Gasteiger charge is -2.37. The van der Waals surface area contributed by atoms with Gasteiger partial charge in [-0.05, 0) is 12.5 Å². The molecule has 1 aromatic carbocycles. The minimum atomic E-state index is -4.17. The van der Waals surface area contributed by atoms with Crippen molar-refractivity contribution in [2.24, 2.45) is 0 Å². The summed E-state index contributed by atoms with van der Waals surface area (Å²) < 4.78 is 58.8. The van der Waals surface area contributed by atoms with Crippen LogP contribution in [0, 0.1) is 0 Å². The van der Waals surface area contributed by atoms with Crippen molar-refractivity contribution in [3.63, 3.8) is 0 Å². The van der Waals surface area contributed by atoms with Gasteiger partial charge in [-0.1, -0.05) is 51.9 Å². The summed E-state index contributed by atoms with van der Waals surface area (Å²) in [5, 5.41) is 0. The Morgan fingerprint density at radius 3 is 2.69 bits per heavy atom. The third-order valence-electron chi connectivity index (χ3n) is 5.96. The summed E-state index contributed by atoms with van der Waals surface area (Å²) in [6.45, 7) is 1.30. The molecule has 0 radical (unpaired) electrons. The Balaban J connectivity index is 1.29. The number of nitrogens with zero attached hydrogens (tertiary/aromatic N) is 1. The quantitative estimate of drug-likeness (QED) is 0.428. The molecule has 190 valence electrons. The van der Waals surface area contributed by atoms with Crippen molar-refractivity contribution in [2.75, 3.05) is 18.1 Å². The third-order valence-corrected chi connectivity index (χ3v) is 9.85. The first kappa shape index (κ1) is 25.2. The van der Waals surface area contributed by atoms with Crippen LogP contribution in [0.25, 0.3) is 0 Å². The second-order valence-electron chi connectivity index (χ2n) is 8.51. The highest BCUT2D eigenvalue weighted by atomic mass is 33.1. The summed E-state index contributed by atoms with van der Waals surface area (Å²) >= 11 is 0. The summed E-state index contributed by atoms with van der Waals surface area (Å²) in [4.78, 5) is 25.7. The maximum atomic E-state index is 15.9. The second kappa shape index (κ2) is 10.1. The number of rotatable bonds is 6. The maximum Gasteiger partial charge on any atom is 0.475 e. The summed E-state index contributed by atoms with van der Waals surface area (Å²) in [6, 6.07) is 10.7. The van der Waals surface area contributed by atoms with Gasteiger partial charge in [0.2, 0.25) is 0 Å². The predicted octanol–water partition coefficient (Wildman–Crippen LogP) is 3.05. The molecule has 3 fully saturated rings. The first-order chi connectivity index (χ1) is 16.7. The fourth-order valence-electron chi connectivity index (χ4n) is 4.15. The van der Waals surface area contributed by atoms with Gasteiger partial charge in [-0.2, -0.15) is 0 Å². The molecule has 0 amide bonds. The zero-order valence-electron chi connectivity index (χ0n) is 18.6. The van der Waals surface area contributed by atoms with E-state index < -0.39 is 49.3 Å². The molecular weight excluding hydrogens is 522 g/mol. The van der Waals surface area contributed by atoms with Crippen LogP contribution in [0.3, 0.4) is 0 Å². The smallest absolute Gasteiger partial charge is 0.370 e. The van der Waals surface area contributed by atoms with Crippen LogP contribution in [-0.2, 0) is 34.2 Å². The Kier molecular flexibility index (Phi) is 7.30. The number of alkyl halides is 1. The minimum absolute atomic E-state index is 0.250. The van der Waals surface area contributed by atoms with Crippen LogP contribution in [0.15, 0.2) is 52.2 Å². The number of hydrogen-bond donors (Lipinski definition) is 1. The number of phosphoric acid groups is 1. The normalized spacial score (nSPS) is 37.1. The van der Waals surface area contributed by atoms with Crippen LogP contribution in [0.1, 0.15) is 18.7 Å². The van der Waals surface area contributed by atoms with E-state index >= 15 is 4.39 Å². The van der Waals surface area contributed by atoms with Gasteiger partial charge in [-0.25, -0.2) is 13.8 Å². The summed E-state index contributed by atoms with van der Waals surface area (Å²) in [7, 11) is -1.00. The Bertz CT molecular complexity index is 1210. The van der Waals surface area contributed by atoms with E-state index in [-0.39, 0.29) is 12.7 Å². The van der Waals surface area contributed by atoms with Gasteiger partial charge in [0.05, 0.1) is 19.3 Å². The van der Waals surface area contributed by atoms with E-state index in [1.54, 1.807) is 21.6 Å². The topological polar surface area (TPSA) is 118 Å². The summed E-state index contributed by atoms with van der Waals surface area (Å²) in [6.07, 6.45) is -3.50. The van der Waals surface area contributed by atoms with Gasteiger partial charge in [-0.15, -0.1) is 0 Å². The number of ether oxygens (including phenoxy) is 2.